The first kappa shape index (κ1) is 15.1. The average Bonchev–Trinajstić information content (AvgIpc) is 3.30. The molecule has 1 aromatic heterocycles. The number of rotatable bonds is 4. The fraction of sp³-hybridized carbons (Fsp3) is 0.526. The van der Waals surface area contributed by atoms with Crippen LogP contribution >= 0.6 is 0 Å². The molecule has 3 fully saturated rings. The summed E-state index contributed by atoms with van der Waals surface area (Å²) in [5.74, 6) is 1.83. The highest BCUT2D eigenvalue weighted by Crippen LogP contribution is 2.39. The summed E-state index contributed by atoms with van der Waals surface area (Å²) in [5, 5.41) is 7.34. The van der Waals surface area contributed by atoms with Gasteiger partial charge in [-0.3, -0.25) is 4.79 Å². The lowest BCUT2D eigenvalue weighted by atomic mass is 9.90. The maximum Gasteiger partial charge on any atom is 0.257 e. The molecule has 2 aliphatic heterocycles. The summed E-state index contributed by atoms with van der Waals surface area (Å²) >= 11 is 0. The Morgan fingerprint density at radius 3 is 2.84 bits per heavy atom. The number of hydrogen-bond donors (Lipinski definition) is 1. The second kappa shape index (κ2) is 5.66. The minimum Gasteiger partial charge on any atom is -0.345 e. The Labute approximate surface area is 146 Å². The van der Waals surface area contributed by atoms with Crippen LogP contribution in [0.4, 0.5) is 0 Å². The van der Waals surface area contributed by atoms with Gasteiger partial charge in [0.2, 0.25) is 0 Å². The van der Waals surface area contributed by atoms with Gasteiger partial charge in [0.25, 0.3) is 11.8 Å². The van der Waals surface area contributed by atoms with Crippen LogP contribution in [0.1, 0.15) is 54.2 Å². The number of carbonyl (C=O) groups is 1. The number of amides is 1. The lowest BCUT2D eigenvalue weighted by molar-refractivity contribution is 0.0877. The topological polar surface area (TPSA) is 71.3 Å². The molecule has 2 aromatic rings. The van der Waals surface area contributed by atoms with Gasteiger partial charge in [0, 0.05) is 30.1 Å². The van der Waals surface area contributed by atoms with E-state index in [2.05, 4.69) is 20.4 Å². The first-order valence-electron chi connectivity index (χ1n) is 9.20. The Bertz CT molecular complexity index is 792. The summed E-state index contributed by atoms with van der Waals surface area (Å²) in [5.41, 5.74) is 1.52. The zero-order chi connectivity index (χ0) is 16.9. The Kier molecular flexibility index (Phi) is 3.41. The van der Waals surface area contributed by atoms with E-state index in [0.717, 1.165) is 50.2 Å². The van der Waals surface area contributed by atoms with Gasteiger partial charge in [0.05, 0.1) is 5.54 Å². The van der Waals surface area contributed by atoms with Gasteiger partial charge in [0.15, 0.2) is 5.82 Å². The minimum atomic E-state index is -0.0281. The van der Waals surface area contributed by atoms with Gasteiger partial charge in [0.1, 0.15) is 0 Å². The third kappa shape index (κ3) is 2.84. The van der Waals surface area contributed by atoms with Crippen molar-refractivity contribution in [1.29, 1.82) is 0 Å². The molecule has 1 amide bonds. The van der Waals surface area contributed by atoms with Crippen molar-refractivity contribution >= 4 is 5.91 Å². The molecule has 1 N–H and O–H groups in total. The van der Waals surface area contributed by atoms with E-state index < -0.39 is 0 Å². The van der Waals surface area contributed by atoms with Crippen molar-refractivity contribution in [3.63, 3.8) is 0 Å². The predicted molar refractivity (Wildman–Crippen MR) is 92.2 cm³/mol. The van der Waals surface area contributed by atoms with Crippen LogP contribution in [-0.4, -0.2) is 46.1 Å². The number of nitrogens with one attached hydrogen (secondary N) is 1. The number of hydrogen-bond acceptors (Lipinski definition) is 5. The summed E-state index contributed by atoms with van der Waals surface area (Å²) in [7, 11) is 0. The van der Waals surface area contributed by atoms with Gasteiger partial charge < -0.3 is 14.7 Å². The van der Waals surface area contributed by atoms with E-state index in [9.17, 15) is 4.79 Å². The van der Waals surface area contributed by atoms with Gasteiger partial charge in [-0.15, -0.1) is 0 Å². The summed E-state index contributed by atoms with van der Waals surface area (Å²) in [4.78, 5) is 19.6. The van der Waals surface area contributed by atoms with E-state index in [1.807, 2.05) is 24.3 Å². The fourth-order valence-electron chi connectivity index (χ4n) is 4.10. The molecule has 6 nitrogen and oxygen atoms in total. The smallest absolute Gasteiger partial charge is 0.257 e. The van der Waals surface area contributed by atoms with Crippen molar-refractivity contribution in [2.75, 3.05) is 19.6 Å². The average molecular weight is 338 g/mol. The van der Waals surface area contributed by atoms with Crippen LogP contribution in [0.25, 0.3) is 11.5 Å². The van der Waals surface area contributed by atoms with Gasteiger partial charge >= 0.3 is 0 Å². The highest BCUT2D eigenvalue weighted by Gasteiger charge is 2.41. The zero-order valence-corrected chi connectivity index (χ0v) is 14.2. The molecule has 130 valence electrons. The molecule has 2 saturated heterocycles. The molecular formula is C19H22N4O2. The number of aromatic nitrogens is 2. The molecule has 25 heavy (non-hydrogen) atoms. The van der Waals surface area contributed by atoms with Crippen LogP contribution in [0, 0.1) is 0 Å². The predicted octanol–water partition coefficient (Wildman–Crippen LogP) is 2.58. The largest absolute Gasteiger partial charge is 0.345 e. The standard InChI is InChI=1S/C19H22N4O2/c24-17(21-19-8-1-10-23(12-19)11-9-19)14-4-6-15(7-5-14)18-20-16(22-25-18)13-2-3-13/h4-7,13H,1-3,8-12H2,(H,21,24). The maximum atomic E-state index is 12.7. The van der Waals surface area contributed by atoms with Crippen LogP contribution < -0.4 is 5.32 Å². The Balaban J connectivity index is 1.30. The molecule has 1 aromatic carbocycles. The van der Waals surface area contributed by atoms with E-state index in [4.69, 9.17) is 4.52 Å². The fourth-order valence-corrected chi connectivity index (χ4v) is 4.10. The molecule has 2 unspecified atom stereocenters. The molecule has 1 saturated carbocycles. The second-order valence-corrected chi connectivity index (χ2v) is 7.67. The van der Waals surface area contributed by atoms with Gasteiger partial charge in [-0.05, 0) is 62.9 Å². The van der Waals surface area contributed by atoms with Crippen molar-refractivity contribution < 1.29 is 9.32 Å². The Morgan fingerprint density at radius 2 is 2.04 bits per heavy atom. The number of benzene rings is 1. The summed E-state index contributed by atoms with van der Waals surface area (Å²) in [6.45, 7) is 3.25. The van der Waals surface area contributed by atoms with E-state index in [1.165, 1.54) is 13.0 Å². The van der Waals surface area contributed by atoms with Crippen LogP contribution in [0.3, 0.4) is 0 Å². The highest BCUT2D eigenvalue weighted by molar-refractivity contribution is 5.95. The summed E-state index contributed by atoms with van der Waals surface area (Å²) in [6.07, 6.45) is 5.61. The molecule has 2 atom stereocenters. The number of fused-ring (bicyclic) bond motifs is 2. The second-order valence-electron chi connectivity index (χ2n) is 7.67. The number of nitrogens with zero attached hydrogens (tertiary/aromatic N) is 3. The maximum absolute atomic E-state index is 12.7. The van der Waals surface area contributed by atoms with Gasteiger partial charge in [-0.2, -0.15) is 4.98 Å². The highest BCUT2D eigenvalue weighted by atomic mass is 16.5. The van der Waals surface area contributed by atoms with Gasteiger partial charge in [-0.25, -0.2) is 0 Å². The van der Waals surface area contributed by atoms with Crippen molar-refractivity contribution in [2.24, 2.45) is 0 Å². The lowest BCUT2D eigenvalue weighted by Crippen LogP contribution is -2.52. The molecule has 0 spiro atoms. The lowest BCUT2D eigenvalue weighted by Gasteiger charge is -2.34. The third-order valence-electron chi connectivity index (χ3n) is 5.72. The van der Waals surface area contributed by atoms with Crippen molar-refractivity contribution in [1.82, 2.24) is 20.4 Å². The van der Waals surface area contributed by atoms with E-state index in [0.29, 0.717) is 17.4 Å². The van der Waals surface area contributed by atoms with E-state index in [1.54, 1.807) is 0 Å². The Hall–Kier alpha value is -2.21. The molecule has 0 radical (unpaired) electrons. The van der Waals surface area contributed by atoms with Gasteiger partial charge in [-0.1, -0.05) is 5.16 Å². The normalized spacial score (nSPS) is 28.1. The number of piperidine rings is 1. The quantitative estimate of drug-likeness (QED) is 0.928. The van der Waals surface area contributed by atoms with Crippen LogP contribution in [-0.2, 0) is 0 Å². The third-order valence-corrected chi connectivity index (χ3v) is 5.72. The first-order valence-corrected chi connectivity index (χ1v) is 9.20. The zero-order valence-electron chi connectivity index (χ0n) is 14.2. The molecule has 2 bridgehead atoms. The molecule has 1 aliphatic carbocycles. The van der Waals surface area contributed by atoms with Crippen molar-refractivity contribution in [3.05, 3.63) is 35.7 Å². The van der Waals surface area contributed by atoms with Crippen LogP contribution in [0.2, 0.25) is 0 Å². The molecular weight excluding hydrogens is 316 g/mol. The van der Waals surface area contributed by atoms with Crippen LogP contribution in [0.5, 0.6) is 0 Å². The molecule has 5 rings (SSSR count). The summed E-state index contributed by atoms with van der Waals surface area (Å²) < 4.78 is 5.35. The van der Waals surface area contributed by atoms with Crippen molar-refractivity contribution in [3.8, 4) is 11.5 Å². The van der Waals surface area contributed by atoms with Crippen LogP contribution in [0.15, 0.2) is 28.8 Å². The summed E-state index contributed by atoms with van der Waals surface area (Å²) in [6, 6.07) is 7.47. The SMILES string of the molecule is O=C(NC12CCCN(CC1)C2)c1ccc(-c2nc(C3CC3)no2)cc1. The Morgan fingerprint density at radius 1 is 1.20 bits per heavy atom. The van der Waals surface area contributed by atoms with Crippen molar-refractivity contribution in [2.45, 2.75) is 43.6 Å². The minimum absolute atomic E-state index is 0.0134. The number of carbonyl (C=O) groups excluding carboxylic acids is 1. The molecule has 6 heteroatoms. The monoisotopic (exact) mass is 338 g/mol. The molecule has 3 heterocycles. The first-order chi connectivity index (χ1) is 12.2. The van der Waals surface area contributed by atoms with E-state index >= 15 is 0 Å². The molecule has 3 aliphatic rings. The van der Waals surface area contributed by atoms with E-state index in [-0.39, 0.29) is 11.4 Å².